The highest BCUT2D eigenvalue weighted by atomic mass is 16.6. The Kier molecular flexibility index (Phi) is 3.64. The van der Waals surface area contributed by atoms with Crippen molar-refractivity contribution in [3.63, 3.8) is 0 Å². The molecule has 1 aromatic carbocycles. The molecule has 4 heteroatoms. The van der Waals surface area contributed by atoms with Crippen LogP contribution in [-0.4, -0.2) is 35.3 Å². The van der Waals surface area contributed by atoms with E-state index in [4.69, 9.17) is 4.74 Å². The second-order valence-corrected chi connectivity index (χ2v) is 4.49. The van der Waals surface area contributed by atoms with Crippen LogP contribution in [0.15, 0.2) is 30.3 Å². The molecule has 0 bridgehead atoms. The number of carbonyl (C=O) groups is 1. The zero-order chi connectivity index (χ0) is 12.3. The molecule has 1 amide bonds. The van der Waals surface area contributed by atoms with E-state index in [2.05, 4.69) is 0 Å². The van der Waals surface area contributed by atoms with E-state index in [1.54, 1.807) is 4.90 Å². The number of rotatable bonds is 2. The van der Waals surface area contributed by atoms with Crippen LogP contribution in [0.25, 0.3) is 0 Å². The number of nitrogens with zero attached hydrogens (tertiary/aromatic N) is 1. The van der Waals surface area contributed by atoms with Crippen LogP contribution in [0, 0.1) is 5.92 Å². The smallest absolute Gasteiger partial charge is 0.410 e. The minimum atomic E-state index is -0.431. The van der Waals surface area contributed by atoms with Gasteiger partial charge in [-0.05, 0) is 5.56 Å². The highest BCUT2D eigenvalue weighted by Crippen LogP contribution is 2.17. The van der Waals surface area contributed by atoms with Crippen LogP contribution in [-0.2, 0) is 11.3 Å². The Morgan fingerprint density at radius 3 is 2.71 bits per heavy atom. The third-order valence-corrected chi connectivity index (χ3v) is 3.04. The maximum Gasteiger partial charge on any atom is 0.410 e. The van der Waals surface area contributed by atoms with Crippen molar-refractivity contribution in [1.29, 1.82) is 0 Å². The minimum absolute atomic E-state index is 0.124. The second kappa shape index (κ2) is 5.19. The SMILES string of the molecule is C[C@H]1CN(C(=O)OCc2ccccc2)C[C@H]1O. The van der Waals surface area contributed by atoms with Crippen molar-refractivity contribution in [3.8, 4) is 0 Å². The molecule has 0 aliphatic carbocycles. The zero-order valence-corrected chi connectivity index (χ0v) is 9.87. The Morgan fingerprint density at radius 2 is 2.12 bits per heavy atom. The lowest BCUT2D eigenvalue weighted by Gasteiger charge is -2.15. The topological polar surface area (TPSA) is 49.8 Å². The highest BCUT2D eigenvalue weighted by molar-refractivity contribution is 5.68. The van der Waals surface area contributed by atoms with Gasteiger partial charge in [-0.1, -0.05) is 37.3 Å². The molecule has 0 unspecified atom stereocenters. The maximum absolute atomic E-state index is 11.7. The molecule has 1 aliphatic rings. The van der Waals surface area contributed by atoms with Crippen LogP contribution >= 0.6 is 0 Å². The normalized spacial score (nSPS) is 23.8. The van der Waals surface area contributed by atoms with E-state index in [9.17, 15) is 9.90 Å². The van der Waals surface area contributed by atoms with Gasteiger partial charge in [-0.25, -0.2) is 4.79 Å². The van der Waals surface area contributed by atoms with Crippen molar-refractivity contribution in [2.75, 3.05) is 13.1 Å². The lowest BCUT2D eigenvalue weighted by atomic mass is 10.1. The Bertz CT molecular complexity index is 370. The van der Waals surface area contributed by atoms with Crippen LogP contribution in [0.2, 0.25) is 0 Å². The average molecular weight is 235 g/mol. The molecule has 1 aromatic rings. The van der Waals surface area contributed by atoms with Gasteiger partial charge < -0.3 is 14.7 Å². The summed E-state index contributed by atoms with van der Waals surface area (Å²) in [5.41, 5.74) is 0.966. The number of aliphatic hydroxyl groups is 1. The molecule has 0 aromatic heterocycles. The van der Waals surface area contributed by atoms with Crippen molar-refractivity contribution < 1.29 is 14.6 Å². The molecule has 1 saturated heterocycles. The first-order valence-corrected chi connectivity index (χ1v) is 5.80. The van der Waals surface area contributed by atoms with Crippen molar-refractivity contribution in [1.82, 2.24) is 4.90 Å². The number of carbonyl (C=O) groups excluding carboxylic acids is 1. The zero-order valence-electron chi connectivity index (χ0n) is 9.87. The summed E-state index contributed by atoms with van der Waals surface area (Å²) in [6.07, 6.45) is -0.781. The van der Waals surface area contributed by atoms with E-state index in [1.165, 1.54) is 0 Å². The Morgan fingerprint density at radius 1 is 1.41 bits per heavy atom. The van der Waals surface area contributed by atoms with E-state index in [0.717, 1.165) is 5.56 Å². The van der Waals surface area contributed by atoms with Crippen LogP contribution in [0.1, 0.15) is 12.5 Å². The number of amides is 1. The van der Waals surface area contributed by atoms with Crippen LogP contribution in [0.3, 0.4) is 0 Å². The molecule has 17 heavy (non-hydrogen) atoms. The summed E-state index contributed by atoms with van der Waals surface area (Å²) < 4.78 is 5.18. The van der Waals surface area contributed by atoms with Crippen molar-refractivity contribution in [2.45, 2.75) is 19.6 Å². The largest absolute Gasteiger partial charge is 0.445 e. The lowest BCUT2D eigenvalue weighted by molar-refractivity contribution is 0.0968. The molecule has 92 valence electrons. The van der Waals surface area contributed by atoms with Gasteiger partial charge in [0.2, 0.25) is 0 Å². The van der Waals surface area contributed by atoms with Gasteiger partial charge in [0.15, 0.2) is 0 Å². The van der Waals surface area contributed by atoms with Gasteiger partial charge in [0.05, 0.1) is 12.6 Å². The molecule has 2 atom stereocenters. The highest BCUT2D eigenvalue weighted by Gasteiger charge is 2.31. The monoisotopic (exact) mass is 235 g/mol. The van der Waals surface area contributed by atoms with Gasteiger partial charge in [-0.15, -0.1) is 0 Å². The molecule has 0 radical (unpaired) electrons. The molecule has 4 nitrogen and oxygen atoms in total. The van der Waals surface area contributed by atoms with E-state index in [0.29, 0.717) is 13.1 Å². The van der Waals surface area contributed by atoms with E-state index >= 15 is 0 Å². The summed E-state index contributed by atoms with van der Waals surface area (Å²) >= 11 is 0. The van der Waals surface area contributed by atoms with Crippen LogP contribution in [0.5, 0.6) is 0 Å². The number of ether oxygens (including phenoxy) is 1. The number of hydrogen-bond acceptors (Lipinski definition) is 3. The minimum Gasteiger partial charge on any atom is -0.445 e. The average Bonchev–Trinajstić information content (AvgIpc) is 2.68. The fraction of sp³-hybridized carbons (Fsp3) is 0.462. The first-order chi connectivity index (χ1) is 8.16. The first kappa shape index (κ1) is 11.9. The number of aliphatic hydroxyl groups excluding tert-OH is 1. The Balaban J connectivity index is 1.82. The predicted molar refractivity (Wildman–Crippen MR) is 63.4 cm³/mol. The third kappa shape index (κ3) is 2.97. The number of likely N-dealkylation sites (tertiary alicyclic amines) is 1. The number of β-amino-alcohol motifs (C(OH)–C–C–N with tert-alkyl or cyclic N) is 1. The summed E-state index contributed by atoms with van der Waals surface area (Å²) in [7, 11) is 0. The first-order valence-electron chi connectivity index (χ1n) is 5.80. The van der Waals surface area contributed by atoms with Crippen LogP contribution in [0.4, 0.5) is 4.79 Å². The van der Waals surface area contributed by atoms with Crippen molar-refractivity contribution in [2.24, 2.45) is 5.92 Å². The fourth-order valence-electron chi connectivity index (χ4n) is 1.91. The van der Waals surface area contributed by atoms with Gasteiger partial charge in [-0.3, -0.25) is 0 Å². The molecule has 1 fully saturated rings. The van der Waals surface area contributed by atoms with E-state index in [1.807, 2.05) is 37.3 Å². The number of benzene rings is 1. The lowest BCUT2D eigenvalue weighted by Crippen LogP contribution is -2.30. The summed E-state index contributed by atoms with van der Waals surface area (Å²) in [6.45, 7) is 3.14. The van der Waals surface area contributed by atoms with Gasteiger partial charge in [-0.2, -0.15) is 0 Å². The van der Waals surface area contributed by atoms with Crippen molar-refractivity contribution >= 4 is 6.09 Å². The molecular weight excluding hydrogens is 218 g/mol. The molecule has 1 aliphatic heterocycles. The summed E-state index contributed by atoms with van der Waals surface area (Å²) in [5, 5.41) is 9.55. The quantitative estimate of drug-likeness (QED) is 0.847. The third-order valence-electron chi connectivity index (χ3n) is 3.04. The van der Waals surface area contributed by atoms with Crippen molar-refractivity contribution in [3.05, 3.63) is 35.9 Å². The molecule has 1 N–H and O–H groups in total. The summed E-state index contributed by atoms with van der Waals surface area (Å²) in [4.78, 5) is 13.3. The Labute approximate surface area is 101 Å². The maximum atomic E-state index is 11.7. The summed E-state index contributed by atoms with van der Waals surface area (Å²) in [5.74, 6) is 0.124. The second-order valence-electron chi connectivity index (χ2n) is 4.49. The fourth-order valence-corrected chi connectivity index (χ4v) is 1.91. The van der Waals surface area contributed by atoms with Gasteiger partial charge >= 0.3 is 6.09 Å². The standard InChI is InChI=1S/C13H17NO3/c1-10-7-14(8-12(10)15)13(16)17-9-11-5-3-2-4-6-11/h2-6,10,12,15H,7-9H2,1H3/t10-,12+/m0/s1. The Hall–Kier alpha value is -1.55. The summed E-state index contributed by atoms with van der Waals surface area (Å²) in [6, 6.07) is 9.56. The number of hydrogen-bond donors (Lipinski definition) is 1. The van der Waals surface area contributed by atoms with Gasteiger partial charge in [0.1, 0.15) is 6.61 Å². The molecule has 0 spiro atoms. The van der Waals surface area contributed by atoms with E-state index < -0.39 is 6.10 Å². The molecule has 1 heterocycles. The predicted octanol–water partition coefficient (Wildman–Crippen LogP) is 1.64. The molecule has 2 rings (SSSR count). The van der Waals surface area contributed by atoms with E-state index in [-0.39, 0.29) is 18.6 Å². The van der Waals surface area contributed by atoms with Gasteiger partial charge in [0.25, 0.3) is 0 Å². The molecular formula is C13H17NO3. The molecule has 0 saturated carbocycles. The van der Waals surface area contributed by atoms with Crippen LogP contribution < -0.4 is 0 Å². The van der Waals surface area contributed by atoms with Gasteiger partial charge in [0, 0.05) is 12.5 Å².